The first-order chi connectivity index (χ1) is 11.8. The van der Waals surface area contributed by atoms with Crippen LogP contribution in [0, 0.1) is 0 Å². The van der Waals surface area contributed by atoms with Gasteiger partial charge in [0.05, 0.1) is 11.4 Å². The predicted octanol–water partition coefficient (Wildman–Crippen LogP) is 3.90. The Labute approximate surface area is 149 Å². The van der Waals surface area contributed by atoms with E-state index in [4.69, 9.17) is 0 Å². The van der Waals surface area contributed by atoms with Gasteiger partial charge in [0.25, 0.3) is 5.91 Å². The summed E-state index contributed by atoms with van der Waals surface area (Å²) in [5.74, 6) is -0.192. The highest BCUT2D eigenvalue weighted by Crippen LogP contribution is 2.28. The zero-order valence-corrected chi connectivity index (χ0v) is 14.7. The molecule has 0 aromatic carbocycles. The van der Waals surface area contributed by atoms with Crippen molar-refractivity contribution in [2.45, 2.75) is 19.3 Å². The fraction of sp³-hybridized carbons (Fsp3) is 0.267. The Morgan fingerprint density at radius 3 is 2.84 bits per heavy atom. The molecule has 0 unspecified atom stereocenters. The number of aromatic nitrogens is 3. The lowest BCUT2D eigenvalue weighted by Crippen LogP contribution is -2.29. The summed E-state index contributed by atoms with van der Waals surface area (Å²) in [5.41, 5.74) is 0.268. The summed E-state index contributed by atoms with van der Waals surface area (Å²) < 4.78 is 38.7. The second-order valence-electron chi connectivity index (χ2n) is 5.26. The van der Waals surface area contributed by atoms with Crippen LogP contribution in [0.3, 0.4) is 0 Å². The summed E-state index contributed by atoms with van der Waals surface area (Å²) in [7, 11) is 1.51. The molecule has 0 aliphatic rings. The number of thiophene rings is 1. The van der Waals surface area contributed by atoms with Crippen LogP contribution >= 0.6 is 22.7 Å². The number of halogens is 3. The number of thiazole rings is 1. The molecule has 3 heterocycles. The van der Waals surface area contributed by atoms with Gasteiger partial charge in [0, 0.05) is 24.8 Å². The number of hydrogen-bond donors (Lipinski definition) is 0. The third kappa shape index (κ3) is 4.26. The first-order valence-electron chi connectivity index (χ1n) is 7.15. The summed E-state index contributed by atoms with van der Waals surface area (Å²) in [6.07, 6.45) is -1.81. The van der Waals surface area contributed by atoms with E-state index in [1.165, 1.54) is 47.0 Å². The molecule has 25 heavy (non-hydrogen) atoms. The molecule has 0 bridgehead atoms. The second-order valence-corrected chi connectivity index (χ2v) is 7.07. The van der Waals surface area contributed by atoms with E-state index in [-0.39, 0.29) is 24.0 Å². The zero-order chi connectivity index (χ0) is 18.0. The average Bonchev–Trinajstić information content (AvgIpc) is 3.26. The molecule has 1 amide bonds. The van der Waals surface area contributed by atoms with E-state index in [9.17, 15) is 18.0 Å². The Morgan fingerprint density at radius 2 is 2.16 bits per heavy atom. The molecule has 3 rings (SSSR count). The summed E-state index contributed by atoms with van der Waals surface area (Å²) in [6, 6.07) is 3.81. The summed E-state index contributed by atoms with van der Waals surface area (Å²) >= 11 is 2.88. The largest absolute Gasteiger partial charge is 0.406 e. The van der Waals surface area contributed by atoms with Crippen molar-refractivity contribution in [3.8, 4) is 9.88 Å². The quantitative estimate of drug-likeness (QED) is 0.668. The molecule has 5 nitrogen and oxygen atoms in total. The standard InChI is InChI=1S/C15H13F3N4OS2/c1-21(7-12-19-4-5-22(12)9-15(16,17)18)14(23)10-8-25-13(20-10)11-3-2-6-24-11/h2-6,8H,7,9H2,1H3. The number of carbonyl (C=O) groups excluding carboxylic acids is 1. The lowest BCUT2D eigenvalue weighted by atomic mass is 10.4. The topological polar surface area (TPSA) is 51.0 Å². The van der Waals surface area contributed by atoms with Gasteiger partial charge >= 0.3 is 6.18 Å². The maximum Gasteiger partial charge on any atom is 0.406 e. The van der Waals surface area contributed by atoms with Crippen molar-refractivity contribution in [3.63, 3.8) is 0 Å². The van der Waals surface area contributed by atoms with Crippen molar-refractivity contribution in [1.29, 1.82) is 0 Å². The maximum absolute atomic E-state index is 12.6. The van der Waals surface area contributed by atoms with E-state index in [1.807, 2.05) is 17.5 Å². The summed E-state index contributed by atoms with van der Waals surface area (Å²) in [5, 5.41) is 4.31. The number of rotatable bonds is 5. The Bertz CT molecular complexity index is 854. The molecule has 0 spiro atoms. The van der Waals surface area contributed by atoms with Gasteiger partial charge in [-0.15, -0.1) is 22.7 Å². The molecule has 0 saturated carbocycles. The molecule has 0 N–H and O–H groups in total. The van der Waals surface area contributed by atoms with Gasteiger partial charge in [-0.05, 0) is 11.4 Å². The van der Waals surface area contributed by atoms with Crippen LogP contribution in [-0.2, 0) is 13.1 Å². The van der Waals surface area contributed by atoms with Crippen molar-refractivity contribution in [2.24, 2.45) is 0 Å². The number of alkyl halides is 3. The van der Waals surface area contributed by atoms with Crippen LogP contribution in [0.4, 0.5) is 13.2 Å². The molecule has 10 heteroatoms. The van der Waals surface area contributed by atoms with Crippen LogP contribution in [0.15, 0.2) is 35.3 Å². The Morgan fingerprint density at radius 1 is 1.36 bits per heavy atom. The van der Waals surface area contributed by atoms with Crippen LogP contribution in [0.1, 0.15) is 16.3 Å². The normalized spacial score (nSPS) is 11.7. The van der Waals surface area contributed by atoms with Gasteiger partial charge in [-0.2, -0.15) is 13.2 Å². The number of carbonyl (C=O) groups is 1. The first-order valence-corrected chi connectivity index (χ1v) is 8.91. The molecule has 0 fully saturated rings. The van der Waals surface area contributed by atoms with Crippen LogP contribution < -0.4 is 0 Å². The van der Waals surface area contributed by atoms with Crippen LogP contribution in [0.5, 0.6) is 0 Å². The predicted molar refractivity (Wildman–Crippen MR) is 89.5 cm³/mol. The van der Waals surface area contributed by atoms with Crippen LogP contribution in [0.25, 0.3) is 9.88 Å². The van der Waals surface area contributed by atoms with Crippen molar-refractivity contribution >= 4 is 28.6 Å². The average molecular weight is 386 g/mol. The monoisotopic (exact) mass is 386 g/mol. The SMILES string of the molecule is CN(Cc1nccn1CC(F)(F)F)C(=O)c1csc(-c2cccs2)n1. The molecular formula is C15H13F3N4OS2. The Hall–Kier alpha value is -2.20. The summed E-state index contributed by atoms with van der Waals surface area (Å²) in [6.45, 7) is -1.17. The fourth-order valence-electron chi connectivity index (χ4n) is 2.19. The van der Waals surface area contributed by atoms with Gasteiger partial charge in [-0.3, -0.25) is 4.79 Å². The van der Waals surface area contributed by atoms with E-state index in [2.05, 4.69) is 9.97 Å². The van der Waals surface area contributed by atoms with Crippen LogP contribution in [-0.4, -0.2) is 38.6 Å². The van der Waals surface area contributed by atoms with Crippen molar-refractivity contribution in [1.82, 2.24) is 19.4 Å². The van der Waals surface area contributed by atoms with Gasteiger partial charge in [-0.1, -0.05) is 6.07 Å². The maximum atomic E-state index is 12.6. The Balaban J connectivity index is 1.71. The minimum absolute atomic E-state index is 0.0340. The molecule has 0 aliphatic heterocycles. The fourth-order valence-corrected chi connectivity index (χ4v) is 3.80. The molecule has 0 radical (unpaired) electrons. The third-order valence-corrected chi connectivity index (χ3v) is 5.21. The minimum Gasteiger partial charge on any atom is -0.333 e. The smallest absolute Gasteiger partial charge is 0.333 e. The van der Waals surface area contributed by atoms with Gasteiger partial charge < -0.3 is 9.47 Å². The van der Waals surface area contributed by atoms with Gasteiger partial charge in [0.2, 0.25) is 0 Å². The molecule has 3 aromatic rings. The molecule has 0 atom stereocenters. The highest BCUT2D eigenvalue weighted by Gasteiger charge is 2.29. The number of nitrogens with zero attached hydrogens (tertiary/aromatic N) is 4. The van der Waals surface area contributed by atoms with Gasteiger partial charge in [0.1, 0.15) is 23.1 Å². The molecular weight excluding hydrogens is 373 g/mol. The van der Waals surface area contributed by atoms with Gasteiger partial charge in [0.15, 0.2) is 0 Å². The highest BCUT2D eigenvalue weighted by molar-refractivity contribution is 7.20. The minimum atomic E-state index is -4.34. The van der Waals surface area contributed by atoms with E-state index in [1.54, 1.807) is 5.38 Å². The van der Waals surface area contributed by atoms with Crippen LogP contribution in [0.2, 0.25) is 0 Å². The lowest BCUT2D eigenvalue weighted by molar-refractivity contribution is -0.141. The van der Waals surface area contributed by atoms with E-state index in [0.29, 0.717) is 0 Å². The van der Waals surface area contributed by atoms with Crippen molar-refractivity contribution in [3.05, 3.63) is 46.8 Å². The van der Waals surface area contributed by atoms with E-state index in [0.717, 1.165) is 14.5 Å². The van der Waals surface area contributed by atoms with Crippen molar-refractivity contribution in [2.75, 3.05) is 7.05 Å². The number of hydrogen-bond acceptors (Lipinski definition) is 5. The van der Waals surface area contributed by atoms with E-state index < -0.39 is 12.7 Å². The molecule has 0 saturated heterocycles. The zero-order valence-electron chi connectivity index (χ0n) is 13.0. The van der Waals surface area contributed by atoms with Crippen molar-refractivity contribution < 1.29 is 18.0 Å². The second kappa shape index (κ2) is 6.96. The lowest BCUT2D eigenvalue weighted by Gasteiger charge is -2.17. The number of amides is 1. The van der Waals surface area contributed by atoms with E-state index >= 15 is 0 Å². The summed E-state index contributed by atoms with van der Waals surface area (Å²) in [4.78, 5) is 23.0. The first kappa shape index (κ1) is 17.6. The molecule has 3 aromatic heterocycles. The molecule has 0 aliphatic carbocycles. The highest BCUT2D eigenvalue weighted by atomic mass is 32.1. The third-order valence-electron chi connectivity index (χ3n) is 3.33. The number of imidazole rings is 1. The Kier molecular flexibility index (Phi) is 4.91. The van der Waals surface area contributed by atoms with Gasteiger partial charge in [-0.25, -0.2) is 9.97 Å². The molecule has 132 valence electrons.